The van der Waals surface area contributed by atoms with Crippen molar-refractivity contribution < 1.29 is 0 Å². The molecule has 3 rings (SSSR count). The van der Waals surface area contributed by atoms with Crippen molar-refractivity contribution in [2.45, 2.75) is 480 Å². The average molecular weight is 1680 g/mol. The molecule has 1 heterocycles. The second-order valence-electron chi connectivity index (χ2n) is 38.3. The first-order valence-corrected chi connectivity index (χ1v) is 44.5. The fourth-order valence-corrected chi connectivity index (χ4v) is 14.1. The van der Waals surface area contributed by atoms with Crippen molar-refractivity contribution >= 4 is 5.96 Å². The Morgan fingerprint density at radius 1 is 0.353 bits per heavy atom. The third-order valence-corrected chi connectivity index (χ3v) is 20.1. The van der Waals surface area contributed by atoms with Crippen LogP contribution in [-0.2, 0) is 0 Å². The maximum absolute atomic E-state index is 6.09. The van der Waals surface area contributed by atoms with Gasteiger partial charge in [0.2, 0.25) is 0 Å². The van der Waals surface area contributed by atoms with Gasteiger partial charge in [-0.2, -0.15) is 0 Å². The SMILES string of the molecule is C.C.C.C.C.C.C.C.C.CC(C)C[C@@H](N)CCC(N)C(C)C.CC(C)C[C@@H](N)CCCN.CC(C)C[C@@H](N)CCCN=C(N)N.CC(C)C[C@@H](N)CN.CC(C)C[C@@H]1CC(C(C)(C)N)CN1.CC(C)C[C@H](N)CCCN.CC(C)C[C@H]1CC[C@@H](CN)C1.CC(C)C[C@H]1CC[C@H](CN)C1.CC(C)[C@@H](N)CCCN.CCC[C@H](N)CC(C)C. The van der Waals surface area contributed by atoms with Gasteiger partial charge < -0.3 is 103 Å². The van der Waals surface area contributed by atoms with E-state index in [9.17, 15) is 0 Å². The number of nitrogens with zero attached hydrogens (tertiary/aromatic N) is 1. The minimum atomic E-state index is -0.0151. The molecule has 3 aliphatic rings. The first kappa shape index (κ1) is 152. The molecule has 0 aromatic rings. The van der Waals surface area contributed by atoms with Gasteiger partial charge >= 0.3 is 0 Å². The smallest absolute Gasteiger partial charge is 0.185 e. The molecule has 726 valence electrons. The van der Waals surface area contributed by atoms with E-state index in [4.69, 9.17) is 97.5 Å². The van der Waals surface area contributed by atoms with Crippen molar-refractivity contribution in [1.82, 2.24) is 5.32 Å². The lowest BCUT2D eigenvalue weighted by molar-refractivity contribution is 0.335. The van der Waals surface area contributed by atoms with E-state index in [2.05, 4.69) is 183 Å². The van der Waals surface area contributed by atoms with E-state index in [1.165, 1.54) is 83.5 Å². The van der Waals surface area contributed by atoms with E-state index in [1.807, 2.05) is 0 Å². The molecule has 35 N–H and O–H groups in total. The van der Waals surface area contributed by atoms with Crippen LogP contribution in [0.3, 0.4) is 0 Å². The predicted molar refractivity (Wildman–Crippen MR) is 545 cm³/mol. The van der Waals surface area contributed by atoms with Crippen LogP contribution in [0, 0.1) is 94.7 Å². The number of guanidine groups is 1. The lowest BCUT2D eigenvalue weighted by Crippen LogP contribution is -2.41. The highest BCUT2D eigenvalue weighted by molar-refractivity contribution is 5.75. The van der Waals surface area contributed by atoms with Gasteiger partial charge in [-0.1, -0.05) is 245 Å². The largest absolute Gasteiger partial charge is 0.370 e. The Kier molecular flexibility index (Phi) is 130. The van der Waals surface area contributed by atoms with Crippen molar-refractivity contribution in [3.63, 3.8) is 0 Å². The first-order chi connectivity index (χ1) is 49.6. The molecule has 0 radical (unpaired) electrons. The molecule has 19 nitrogen and oxygen atoms in total. The van der Waals surface area contributed by atoms with E-state index in [0.29, 0.717) is 103 Å². The Hall–Kier alpha value is -1.37. The standard InChI is InChI=1S/C11H24N2.C11H26N2.2C10H21N.C9H22N4.2C8H20N2.C8H19N.C7H18N2.C6H16N2.9CH4/c1-8(2)5-10-6-9(7-13-10)11(3,4)12;1-8(2)7-10(12)5-6-11(13)9(3)4;2*1-8(2)5-9-3-4-10(6-9)7-11;1-7(2)6-8(10)4-3-5-13-9(11)12;2*1-7(2)6-8(10)4-3-5-9;1-4-5-8(9)6-7(2)3;1-6(2)7(9)4-3-5-8;1-5(2)3-6(8)4-7;;;;;;;;;/h8-10,13H,5-7,12H2,1-4H3;8-11H,5-7,12-13H2,1-4H3;2*8-10H,3-7,11H2,1-2H3;7-8H,3-6,10H2,1-2H3,(H4,11,12,13);2*7-8H,3-6,9-10H2,1-2H3;7-8H,4-6,9H2,1-3H3;6-7H,3-5,8-9H2,1-2H3;5-6H,3-4,7-8H2,1-2H3;9*1H4/t9?,10-;10-,11?;9-,10+;9-,10-;4*8-;7-;6-;;;;;;;;;/m1011010001........./s1. The summed E-state index contributed by atoms with van der Waals surface area (Å²) >= 11 is 0. The Balaban J connectivity index is -0.0000000681. The van der Waals surface area contributed by atoms with Crippen molar-refractivity contribution in [3.8, 4) is 0 Å². The molecule has 2 saturated carbocycles. The maximum atomic E-state index is 6.09. The van der Waals surface area contributed by atoms with Gasteiger partial charge in [-0.3, -0.25) is 4.99 Å². The van der Waals surface area contributed by atoms with E-state index in [-0.39, 0.29) is 90.4 Å². The molecule has 0 aromatic carbocycles. The molecule has 0 bridgehead atoms. The van der Waals surface area contributed by atoms with E-state index in [1.54, 1.807) is 0 Å². The number of nitrogens with one attached hydrogen (secondary N) is 1. The summed E-state index contributed by atoms with van der Waals surface area (Å²) in [5.41, 5.74) is 95.5. The van der Waals surface area contributed by atoms with Gasteiger partial charge in [0, 0.05) is 79.5 Å². The quantitative estimate of drug-likeness (QED) is 0.0153. The highest BCUT2D eigenvalue weighted by Gasteiger charge is 2.33. The van der Waals surface area contributed by atoms with Crippen molar-refractivity contribution in [3.05, 3.63) is 0 Å². The molecule has 0 amide bonds. The molecular weight excluding hydrogens is 1430 g/mol. The first-order valence-electron chi connectivity index (χ1n) is 44.5. The number of hydrogen-bond donors (Lipinski definition) is 18. The lowest BCUT2D eigenvalue weighted by Gasteiger charge is -2.26. The van der Waals surface area contributed by atoms with Crippen molar-refractivity contribution in [2.24, 2.45) is 197 Å². The van der Waals surface area contributed by atoms with E-state index in [0.717, 1.165) is 183 Å². The fourth-order valence-electron chi connectivity index (χ4n) is 14.1. The molecule has 0 spiro atoms. The Morgan fingerprint density at radius 3 is 0.879 bits per heavy atom. The van der Waals surface area contributed by atoms with Crippen LogP contribution in [0.25, 0.3) is 0 Å². The van der Waals surface area contributed by atoms with Crippen molar-refractivity contribution in [1.29, 1.82) is 0 Å². The maximum Gasteiger partial charge on any atom is 0.185 e. The Morgan fingerprint density at radius 2 is 0.638 bits per heavy atom. The third kappa shape index (κ3) is 119. The molecule has 2 aliphatic carbocycles. The third-order valence-electron chi connectivity index (χ3n) is 20.1. The molecule has 1 saturated heterocycles. The summed E-state index contributed by atoms with van der Waals surface area (Å²) in [6, 6.07) is 3.36. The molecule has 0 aromatic heterocycles. The summed E-state index contributed by atoms with van der Waals surface area (Å²) in [4.78, 5) is 3.89. The molecule has 116 heavy (non-hydrogen) atoms. The summed E-state index contributed by atoms with van der Waals surface area (Å²) in [6.07, 6.45) is 33.3. The van der Waals surface area contributed by atoms with Crippen LogP contribution >= 0.6 is 0 Å². The fraction of sp³-hybridized carbons (Fsp3) is 0.990. The van der Waals surface area contributed by atoms with E-state index < -0.39 is 0 Å². The highest BCUT2D eigenvalue weighted by atomic mass is 15.0. The second-order valence-corrected chi connectivity index (χ2v) is 38.3. The summed E-state index contributed by atoms with van der Waals surface area (Å²) in [6.45, 7) is 61.7. The van der Waals surface area contributed by atoms with Crippen LogP contribution in [0.2, 0.25) is 0 Å². The Bertz CT molecular complexity index is 1740. The topological polar surface area (TPSA) is 467 Å². The van der Waals surface area contributed by atoms with Gasteiger partial charge in [0.05, 0.1) is 0 Å². The number of aliphatic imine (C=N–C) groups is 1. The molecule has 3 fully saturated rings. The zero-order valence-corrected chi connectivity index (χ0v) is 76.7. The molecule has 2 unspecified atom stereocenters. The summed E-state index contributed by atoms with van der Waals surface area (Å²) < 4.78 is 0. The van der Waals surface area contributed by atoms with Gasteiger partial charge in [0.15, 0.2) is 5.96 Å². The molecule has 1 aliphatic heterocycles. The summed E-state index contributed by atoms with van der Waals surface area (Å²) in [7, 11) is 0. The minimum absolute atomic E-state index is 0. The summed E-state index contributed by atoms with van der Waals surface area (Å²) in [5, 5.41) is 3.56. The number of rotatable bonds is 42. The van der Waals surface area contributed by atoms with Crippen LogP contribution in [0.1, 0.15) is 420 Å². The van der Waals surface area contributed by atoms with Gasteiger partial charge in [-0.05, 0) is 302 Å². The molecule has 14 atom stereocenters. The predicted octanol–water partition coefficient (Wildman–Crippen LogP) is 20.2. The Labute approximate surface area is 736 Å². The number of nitrogens with two attached hydrogens (primary N) is 17. The molecular formula is C97H243N19. The van der Waals surface area contributed by atoms with Crippen LogP contribution in [0.5, 0.6) is 0 Å². The van der Waals surface area contributed by atoms with Gasteiger partial charge in [-0.15, -0.1) is 0 Å². The second kappa shape index (κ2) is 99.1. The van der Waals surface area contributed by atoms with Crippen LogP contribution in [0.15, 0.2) is 4.99 Å². The van der Waals surface area contributed by atoms with E-state index >= 15 is 0 Å². The zero-order chi connectivity index (χ0) is 84.4. The van der Waals surface area contributed by atoms with Gasteiger partial charge in [-0.25, -0.2) is 0 Å². The normalized spacial score (nSPS) is 18.3. The van der Waals surface area contributed by atoms with Gasteiger partial charge in [0.1, 0.15) is 0 Å². The molecule has 19 heteroatoms. The van der Waals surface area contributed by atoms with Gasteiger partial charge in [0.25, 0.3) is 0 Å². The van der Waals surface area contributed by atoms with Crippen LogP contribution in [-0.4, -0.2) is 118 Å². The monoisotopic (exact) mass is 1670 g/mol. The van der Waals surface area contributed by atoms with Crippen LogP contribution < -0.4 is 103 Å². The minimum Gasteiger partial charge on any atom is -0.370 e. The van der Waals surface area contributed by atoms with Crippen LogP contribution in [0.4, 0.5) is 0 Å². The van der Waals surface area contributed by atoms with Crippen molar-refractivity contribution in [2.75, 3.05) is 52.4 Å². The summed E-state index contributed by atoms with van der Waals surface area (Å²) in [5.74, 6) is 12.4. The highest BCUT2D eigenvalue weighted by Crippen LogP contribution is 2.35. The number of hydrogen-bond acceptors (Lipinski definition) is 17. The zero-order valence-electron chi connectivity index (χ0n) is 76.7. The average Bonchev–Trinajstić information content (AvgIpc) is 1.72. The lowest BCUT2D eigenvalue weighted by atomic mass is 9.85.